The first-order valence-corrected chi connectivity index (χ1v) is 11.1. The van der Waals surface area contributed by atoms with Gasteiger partial charge in [0.05, 0.1) is 5.39 Å². The van der Waals surface area contributed by atoms with E-state index >= 15 is 0 Å². The normalized spacial score (nSPS) is 11.6. The topological polar surface area (TPSA) is 66.9 Å². The number of thiophene rings is 1. The molecule has 1 amide bonds. The summed E-state index contributed by atoms with van der Waals surface area (Å²) in [7, 11) is 0. The first-order chi connectivity index (χ1) is 13.7. The molecular formula is C22H27N3O2S2. The number of benzene rings is 1. The van der Waals surface area contributed by atoms with Crippen LogP contribution in [0.3, 0.4) is 0 Å². The Morgan fingerprint density at radius 1 is 1.21 bits per heavy atom. The average molecular weight is 430 g/mol. The zero-order valence-electron chi connectivity index (χ0n) is 17.5. The Morgan fingerprint density at radius 2 is 1.83 bits per heavy atom. The number of anilines is 1. The number of nitrogens with zero attached hydrogens (tertiary/aromatic N) is 1. The van der Waals surface area contributed by atoms with E-state index in [1.54, 1.807) is 0 Å². The summed E-state index contributed by atoms with van der Waals surface area (Å²) >= 11 is 6.89. The van der Waals surface area contributed by atoms with E-state index in [4.69, 9.17) is 12.2 Å². The highest BCUT2D eigenvalue weighted by atomic mass is 32.1. The predicted octanol–water partition coefficient (Wildman–Crippen LogP) is 5.57. The quantitative estimate of drug-likeness (QED) is 0.504. The molecule has 7 heteroatoms. The van der Waals surface area contributed by atoms with Crippen LogP contribution in [0, 0.1) is 4.77 Å². The van der Waals surface area contributed by atoms with Crippen LogP contribution in [0.4, 0.5) is 5.69 Å². The fourth-order valence-electron chi connectivity index (χ4n) is 3.43. The van der Waals surface area contributed by atoms with Crippen LogP contribution in [0.25, 0.3) is 10.2 Å². The van der Waals surface area contributed by atoms with E-state index < -0.39 is 0 Å². The van der Waals surface area contributed by atoms with Crippen molar-refractivity contribution < 1.29 is 4.79 Å². The number of nitrogens with one attached hydrogen (secondary N) is 2. The van der Waals surface area contributed by atoms with Crippen molar-refractivity contribution >= 4 is 45.4 Å². The van der Waals surface area contributed by atoms with Gasteiger partial charge in [-0.15, -0.1) is 11.3 Å². The van der Waals surface area contributed by atoms with E-state index in [2.05, 4.69) is 38.0 Å². The highest BCUT2D eigenvalue weighted by Crippen LogP contribution is 2.32. The van der Waals surface area contributed by atoms with Crippen LogP contribution in [-0.4, -0.2) is 15.5 Å². The van der Waals surface area contributed by atoms with Crippen LogP contribution in [0.15, 0.2) is 29.1 Å². The molecule has 0 saturated carbocycles. The molecule has 5 nitrogen and oxygen atoms in total. The molecule has 2 heterocycles. The molecule has 0 fully saturated rings. The van der Waals surface area contributed by atoms with E-state index in [1.807, 2.05) is 31.2 Å². The summed E-state index contributed by atoms with van der Waals surface area (Å²) in [6.45, 7) is 10.3. The van der Waals surface area contributed by atoms with E-state index in [-0.39, 0.29) is 34.6 Å². The zero-order valence-corrected chi connectivity index (χ0v) is 19.1. The summed E-state index contributed by atoms with van der Waals surface area (Å²) < 4.78 is 1.61. The largest absolute Gasteiger partial charge is 0.324 e. The second-order valence-electron chi connectivity index (χ2n) is 7.80. The maximum Gasteiger partial charge on any atom is 0.263 e. The molecule has 0 atom stereocenters. The van der Waals surface area contributed by atoms with Crippen molar-refractivity contribution in [3.8, 4) is 0 Å². The zero-order chi connectivity index (χ0) is 21.3. The summed E-state index contributed by atoms with van der Waals surface area (Å²) in [6, 6.07) is 7.98. The van der Waals surface area contributed by atoms with Crippen molar-refractivity contribution in [2.24, 2.45) is 0 Å². The monoisotopic (exact) mass is 429 g/mol. The maximum absolute atomic E-state index is 12.9. The fourth-order valence-corrected chi connectivity index (χ4v) is 4.73. The first kappa shape index (κ1) is 21.5. The average Bonchev–Trinajstić information content (AvgIpc) is 3.08. The number of para-hydroxylation sites is 1. The van der Waals surface area contributed by atoms with Crippen molar-refractivity contribution in [1.82, 2.24) is 9.55 Å². The molecule has 0 saturated heterocycles. The van der Waals surface area contributed by atoms with Crippen molar-refractivity contribution in [2.45, 2.75) is 59.4 Å². The van der Waals surface area contributed by atoms with E-state index in [0.717, 1.165) is 32.9 Å². The molecule has 0 spiro atoms. The summed E-state index contributed by atoms with van der Waals surface area (Å²) in [5.74, 6) is 0.278. The Kier molecular flexibility index (Phi) is 6.39. The Bertz CT molecular complexity index is 1140. The number of rotatable bonds is 6. The van der Waals surface area contributed by atoms with E-state index in [9.17, 15) is 9.59 Å². The Labute approximate surface area is 179 Å². The molecule has 3 aromatic rings. The number of carbonyl (C=O) groups is 1. The predicted molar refractivity (Wildman–Crippen MR) is 124 cm³/mol. The van der Waals surface area contributed by atoms with E-state index in [0.29, 0.717) is 5.39 Å². The minimum Gasteiger partial charge on any atom is -0.324 e. The van der Waals surface area contributed by atoms with Crippen LogP contribution in [-0.2, 0) is 17.8 Å². The number of hydrogen-bond donors (Lipinski definition) is 2. The lowest BCUT2D eigenvalue weighted by atomic mass is 9.92. The molecule has 0 bridgehead atoms. The molecule has 0 radical (unpaired) electrons. The van der Waals surface area contributed by atoms with Crippen LogP contribution in [0.1, 0.15) is 62.5 Å². The van der Waals surface area contributed by atoms with Gasteiger partial charge in [0, 0.05) is 10.6 Å². The van der Waals surface area contributed by atoms with Crippen molar-refractivity contribution in [3.63, 3.8) is 0 Å². The lowest BCUT2D eigenvalue weighted by Crippen LogP contribution is -2.29. The van der Waals surface area contributed by atoms with Gasteiger partial charge in [-0.25, -0.2) is 0 Å². The standard InChI is InChI=1S/C22H27N3O2S2/c1-6-14-10-17-20(29-14)24-22(28)25(21(17)27)11-18(26)23-19-15(12(2)3)8-7-9-16(19)13(4)5/h7-10,12-13H,6,11H2,1-5H3,(H,23,26)(H,24,28). The second kappa shape index (κ2) is 8.63. The number of fused-ring (bicyclic) bond motifs is 1. The summed E-state index contributed by atoms with van der Waals surface area (Å²) in [6.07, 6.45) is 0.851. The molecule has 154 valence electrons. The van der Waals surface area contributed by atoms with Crippen LogP contribution >= 0.6 is 23.6 Å². The first-order valence-electron chi connectivity index (χ1n) is 9.91. The second-order valence-corrected chi connectivity index (χ2v) is 9.32. The minimum atomic E-state index is -0.258. The maximum atomic E-state index is 12.9. The number of aromatic nitrogens is 2. The number of amides is 1. The third-order valence-corrected chi connectivity index (χ3v) is 6.53. The number of aromatic amines is 1. The third-order valence-electron chi connectivity index (χ3n) is 5.01. The lowest BCUT2D eigenvalue weighted by molar-refractivity contribution is -0.116. The van der Waals surface area contributed by atoms with Crippen LogP contribution < -0.4 is 10.9 Å². The molecule has 0 aliphatic heterocycles. The van der Waals surface area contributed by atoms with Crippen molar-refractivity contribution in [1.29, 1.82) is 0 Å². The fraction of sp³-hybridized carbons (Fsp3) is 0.409. The van der Waals surface area contributed by atoms with Gasteiger partial charge in [-0.05, 0) is 47.7 Å². The highest BCUT2D eigenvalue weighted by molar-refractivity contribution is 7.71. The molecular weight excluding hydrogens is 402 g/mol. The lowest BCUT2D eigenvalue weighted by Gasteiger charge is -2.20. The Balaban J connectivity index is 1.97. The SMILES string of the molecule is CCc1cc2c(=O)n(CC(=O)Nc3c(C(C)C)cccc3C(C)C)c(=S)[nH]c2s1. The molecule has 0 aliphatic carbocycles. The van der Waals surface area contributed by atoms with Gasteiger partial charge < -0.3 is 10.3 Å². The van der Waals surface area contributed by atoms with E-state index in [1.165, 1.54) is 15.9 Å². The van der Waals surface area contributed by atoms with Gasteiger partial charge in [-0.3, -0.25) is 14.2 Å². The molecule has 0 unspecified atom stereocenters. The Hall–Kier alpha value is -2.25. The molecule has 2 N–H and O–H groups in total. The molecule has 29 heavy (non-hydrogen) atoms. The van der Waals surface area contributed by atoms with Gasteiger partial charge in [0.15, 0.2) is 4.77 Å². The summed E-state index contributed by atoms with van der Waals surface area (Å²) in [5.41, 5.74) is 2.79. The number of carbonyl (C=O) groups excluding carboxylic acids is 1. The summed E-state index contributed by atoms with van der Waals surface area (Å²) in [5, 5.41) is 3.64. The molecule has 3 rings (SSSR count). The smallest absolute Gasteiger partial charge is 0.263 e. The third kappa shape index (κ3) is 4.36. The highest BCUT2D eigenvalue weighted by Gasteiger charge is 2.17. The summed E-state index contributed by atoms with van der Waals surface area (Å²) in [4.78, 5) is 30.8. The molecule has 1 aromatic carbocycles. The van der Waals surface area contributed by atoms with Crippen molar-refractivity contribution in [2.75, 3.05) is 5.32 Å². The Morgan fingerprint density at radius 3 is 2.38 bits per heavy atom. The van der Waals surface area contributed by atoms with Crippen LogP contribution in [0.2, 0.25) is 0 Å². The van der Waals surface area contributed by atoms with Gasteiger partial charge in [0.2, 0.25) is 5.91 Å². The minimum absolute atomic E-state index is 0.120. The number of aryl methyl sites for hydroxylation is 1. The van der Waals surface area contributed by atoms with Gasteiger partial charge >= 0.3 is 0 Å². The number of H-pyrrole nitrogens is 1. The van der Waals surface area contributed by atoms with Gasteiger partial charge in [-0.2, -0.15) is 0 Å². The van der Waals surface area contributed by atoms with Crippen LogP contribution in [0.5, 0.6) is 0 Å². The van der Waals surface area contributed by atoms with Gasteiger partial charge in [-0.1, -0.05) is 52.8 Å². The van der Waals surface area contributed by atoms with Crippen molar-refractivity contribution in [3.05, 3.63) is 55.4 Å². The molecule has 0 aliphatic rings. The molecule has 2 aromatic heterocycles. The number of hydrogen-bond acceptors (Lipinski definition) is 4. The van der Waals surface area contributed by atoms with Gasteiger partial charge in [0.1, 0.15) is 11.4 Å². The van der Waals surface area contributed by atoms with Gasteiger partial charge in [0.25, 0.3) is 5.56 Å².